The van der Waals surface area contributed by atoms with E-state index in [4.69, 9.17) is 27.9 Å². The summed E-state index contributed by atoms with van der Waals surface area (Å²) in [6.45, 7) is 0. The number of alkyl halides is 3. The van der Waals surface area contributed by atoms with E-state index in [1.54, 1.807) is 45.0 Å². The maximum Gasteiger partial charge on any atom is 0.416 e. The Morgan fingerprint density at radius 1 is 0.500 bits per heavy atom. The highest BCUT2D eigenvalue weighted by Crippen LogP contribution is 2.47. The molecule has 6 aliphatic heterocycles. The number of esters is 2. The minimum Gasteiger partial charge on any atom is -0.465 e. The summed E-state index contributed by atoms with van der Waals surface area (Å²) in [7, 11) is 2.54. The molecule has 24 heteroatoms. The second-order valence-corrected chi connectivity index (χ2v) is 20.6. The van der Waals surface area contributed by atoms with Gasteiger partial charge in [-0.25, -0.2) is 38.9 Å². The first-order valence-electron chi connectivity index (χ1n) is 25.4. The number of amides is 6. The quantitative estimate of drug-likeness (QED) is 0.0851. The number of nitrogens with zero attached hydrogens (tertiary/aromatic N) is 6. The molecule has 6 aliphatic rings. The number of carbonyl (C=O) groups is 5. The summed E-state index contributed by atoms with van der Waals surface area (Å²) in [5.74, 6) is -2.52. The topological polar surface area (TPSA) is 188 Å². The molecule has 3 aromatic carbocycles. The lowest BCUT2D eigenvalue weighted by Crippen LogP contribution is -2.44. The van der Waals surface area contributed by atoms with Crippen molar-refractivity contribution in [2.45, 2.75) is 100 Å². The van der Waals surface area contributed by atoms with E-state index in [0.717, 1.165) is 67.3 Å². The molecule has 3 saturated heterocycles. The molecule has 12 rings (SSSR count). The molecule has 6 aromatic rings. The zero-order chi connectivity index (χ0) is 56.7. The molecule has 6 bridgehead atoms. The number of benzene rings is 3. The van der Waals surface area contributed by atoms with Crippen LogP contribution in [0.2, 0.25) is 10.0 Å². The summed E-state index contributed by atoms with van der Waals surface area (Å²) >= 11 is 12.1. The van der Waals surface area contributed by atoms with Crippen LogP contribution in [0.4, 0.5) is 57.8 Å². The van der Waals surface area contributed by atoms with Gasteiger partial charge in [0, 0.05) is 70.5 Å². The number of ether oxygens (including phenoxy) is 2. The summed E-state index contributed by atoms with van der Waals surface area (Å²) < 4.78 is 89.2. The molecule has 0 aliphatic carbocycles. The molecule has 9 heterocycles. The Morgan fingerprint density at radius 3 is 1.27 bits per heavy atom. The van der Waals surface area contributed by atoms with Crippen molar-refractivity contribution in [3.8, 4) is 0 Å². The summed E-state index contributed by atoms with van der Waals surface area (Å²) in [5, 5.41) is 8.73. The number of fused-ring (bicyclic) bond motifs is 12. The molecule has 0 unspecified atom stereocenters. The van der Waals surface area contributed by atoms with Crippen molar-refractivity contribution in [3.05, 3.63) is 175 Å². The van der Waals surface area contributed by atoms with Crippen LogP contribution in [0, 0.1) is 17.8 Å². The van der Waals surface area contributed by atoms with Crippen LogP contribution in [0.1, 0.15) is 116 Å². The number of methoxy groups -OCH3 is 2. The van der Waals surface area contributed by atoms with E-state index < -0.39 is 41.5 Å². The van der Waals surface area contributed by atoms with Crippen molar-refractivity contribution in [1.82, 2.24) is 29.7 Å². The molecular formula is C56H49Cl2F6N9O7. The second-order valence-electron chi connectivity index (χ2n) is 19.8. The number of aromatic nitrogens is 3. The second kappa shape index (κ2) is 22.6. The molecule has 3 aromatic heterocycles. The normalized spacial score (nSPS) is 20.6. The van der Waals surface area contributed by atoms with Gasteiger partial charge in [-0.3, -0.25) is 0 Å². The third-order valence-electron chi connectivity index (χ3n) is 15.4. The van der Waals surface area contributed by atoms with Crippen molar-refractivity contribution >= 4 is 70.3 Å². The highest BCUT2D eigenvalue weighted by atomic mass is 35.5. The Labute approximate surface area is 463 Å². The maximum atomic E-state index is 14.0. The lowest BCUT2D eigenvalue weighted by molar-refractivity contribution is -0.137. The highest BCUT2D eigenvalue weighted by molar-refractivity contribution is 6.34. The van der Waals surface area contributed by atoms with Gasteiger partial charge in [0.25, 0.3) is 0 Å². The van der Waals surface area contributed by atoms with E-state index in [1.807, 2.05) is 0 Å². The predicted octanol–water partition coefficient (Wildman–Crippen LogP) is 12.4. The van der Waals surface area contributed by atoms with Gasteiger partial charge in [0.15, 0.2) is 0 Å². The molecular weight excluding hydrogens is 1100 g/mol. The summed E-state index contributed by atoms with van der Waals surface area (Å²) in [5.41, 5.74) is 5.01. The van der Waals surface area contributed by atoms with E-state index >= 15 is 0 Å². The van der Waals surface area contributed by atoms with Gasteiger partial charge in [0.1, 0.15) is 0 Å². The zero-order valence-corrected chi connectivity index (χ0v) is 44.1. The predicted molar refractivity (Wildman–Crippen MR) is 281 cm³/mol. The fourth-order valence-corrected chi connectivity index (χ4v) is 12.3. The minimum absolute atomic E-state index is 0.0639. The largest absolute Gasteiger partial charge is 0.465 e. The number of nitrogens with one attached hydrogen (secondary N) is 3. The number of carbonyl (C=O) groups excluding carboxylic acids is 5. The molecule has 416 valence electrons. The van der Waals surface area contributed by atoms with E-state index in [9.17, 15) is 50.3 Å². The maximum absolute atomic E-state index is 14.0. The Kier molecular flexibility index (Phi) is 15.7. The number of halogens is 8. The fourth-order valence-electron chi connectivity index (χ4n) is 11.8. The molecule has 80 heavy (non-hydrogen) atoms. The molecule has 16 nitrogen and oxygen atoms in total. The highest BCUT2D eigenvalue weighted by Gasteiger charge is 2.46. The van der Waals surface area contributed by atoms with Crippen LogP contribution in [0.25, 0.3) is 0 Å². The van der Waals surface area contributed by atoms with Crippen LogP contribution < -0.4 is 16.0 Å². The molecule has 6 atom stereocenters. The molecule has 0 radical (unpaired) electrons. The number of pyridine rings is 3. The standard InChI is InChI=1S/2C19H17ClFN3O3.C18H15F4N3O/c1-27-18(25)14-8-10(2-4-15(14)20)23-19(26)24-11-3-5-16(24)12-6-7-22-17(21)13(12)9-11;1-27-18(25)13-4-2-10(8-15(13)20)23-19(26)24-11-3-5-16(24)12-6-7-22-17(21)14(12)9-11;19-16-14-9-12-5-6-15(13(14)7-8-23-16)25(12)17(26)24-11-3-1-10(2-4-11)18(20,21)22/h2*2,4,6-8,11,16H,3,5,9H2,1H3,(H,23,26);1-4,7-8,12,15H,5-6,9H2,(H,24,26)/t2*11-,16+;12-,15+/m000/s1. The fraction of sp³-hybridized carbons (Fsp3) is 0.321. The van der Waals surface area contributed by atoms with Gasteiger partial charge in [-0.2, -0.15) is 26.3 Å². The van der Waals surface area contributed by atoms with Crippen molar-refractivity contribution in [1.29, 1.82) is 0 Å². The van der Waals surface area contributed by atoms with E-state index in [1.165, 1.54) is 69.2 Å². The number of anilines is 3. The van der Waals surface area contributed by atoms with Gasteiger partial charge in [-0.1, -0.05) is 23.2 Å². The lowest BCUT2D eigenvalue weighted by Gasteiger charge is -2.36. The summed E-state index contributed by atoms with van der Waals surface area (Å²) in [6.07, 6.45) is 5.81. The Morgan fingerprint density at radius 2 is 0.875 bits per heavy atom. The Balaban J connectivity index is 0.000000135. The SMILES string of the molecule is COC(=O)c1cc(NC(=O)N2[C@H]3CC[C@@H]2c2ccnc(F)c2C3)ccc1Cl.COC(=O)c1ccc(NC(=O)N2[C@H]3CC[C@@H]2c2ccnc(F)c2C3)cc1Cl.O=C(Nc1ccc(C(F)(F)F)cc1)N1[C@H]2CC[C@@H]1c1ccnc(F)c1C2. The average Bonchev–Trinajstić information content (AvgIpc) is 4.09. The molecule has 6 amide bonds. The van der Waals surface area contributed by atoms with Gasteiger partial charge in [-0.15, -0.1) is 0 Å². The number of rotatable bonds is 5. The summed E-state index contributed by atoms with van der Waals surface area (Å²) in [4.78, 5) is 78.2. The number of hydrogen-bond donors (Lipinski definition) is 3. The summed E-state index contributed by atoms with van der Waals surface area (Å²) in [6, 6.07) is 17.0. The number of hydrogen-bond acceptors (Lipinski definition) is 10. The van der Waals surface area contributed by atoms with E-state index in [-0.39, 0.29) is 81.2 Å². The van der Waals surface area contributed by atoms with Gasteiger partial charge in [0.05, 0.1) is 59.1 Å². The first-order valence-corrected chi connectivity index (χ1v) is 26.2. The molecule has 3 fully saturated rings. The first-order chi connectivity index (χ1) is 38.3. The van der Waals surface area contributed by atoms with Crippen LogP contribution in [0.3, 0.4) is 0 Å². The van der Waals surface area contributed by atoms with Crippen LogP contribution in [-0.4, -0.2) is 92.0 Å². The Hall–Kier alpha value is -7.98. The van der Waals surface area contributed by atoms with Gasteiger partial charge in [0.2, 0.25) is 17.8 Å². The smallest absolute Gasteiger partial charge is 0.416 e. The average molecular weight is 1140 g/mol. The van der Waals surface area contributed by atoms with E-state index in [2.05, 4.69) is 35.6 Å². The van der Waals surface area contributed by atoms with Gasteiger partial charge >= 0.3 is 36.2 Å². The van der Waals surface area contributed by atoms with Crippen molar-refractivity contribution in [2.24, 2.45) is 0 Å². The van der Waals surface area contributed by atoms with Crippen molar-refractivity contribution < 1.29 is 59.8 Å². The minimum atomic E-state index is -4.42. The third kappa shape index (κ3) is 10.9. The van der Waals surface area contributed by atoms with Crippen LogP contribution in [-0.2, 0) is 34.9 Å². The van der Waals surface area contributed by atoms with Crippen molar-refractivity contribution in [3.63, 3.8) is 0 Å². The molecule has 0 saturated carbocycles. The lowest BCUT2D eigenvalue weighted by atomic mass is 9.95. The monoisotopic (exact) mass is 1140 g/mol. The van der Waals surface area contributed by atoms with Gasteiger partial charge in [-0.05, 0) is 153 Å². The van der Waals surface area contributed by atoms with Crippen molar-refractivity contribution in [2.75, 3.05) is 30.2 Å². The number of urea groups is 3. The zero-order valence-electron chi connectivity index (χ0n) is 42.6. The van der Waals surface area contributed by atoms with Crippen LogP contribution >= 0.6 is 23.2 Å². The van der Waals surface area contributed by atoms with Crippen LogP contribution in [0.5, 0.6) is 0 Å². The van der Waals surface area contributed by atoms with Crippen LogP contribution in [0.15, 0.2) is 97.5 Å². The third-order valence-corrected chi connectivity index (χ3v) is 16.1. The molecule has 3 N–H and O–H groups in total. The van der Waals surface area contributed by atoms with E-state index in [0.29, 0.717) is 47.3 Å². The van der Waals surface area contributed by atoms with Gasteiger partial charge < -0.3 is 40.1 Å². The Bertz CT molecular complexity index is 3430. The first kappa shape index (κ1) is 55.3. The molecule has 0 spiro atoms.